The average Bonchev–Trinajstić information content (AvgIpc) is 3.33. The quantitative estimate of drug-likeness (QED) is 0.162. The number of carbonyl (C=O) groups is 1. The first-order valence-corrected chi connectivity index (χ1v) is 12.2. The summed E-state index contributed by atoms with van der Waals surface area (Å²) in [5.41, 5.74) is 1.24. The minimum Gasteiger partial charge on any atom is -0.505 e. The summed E-state index contributed by atoms with van der Waals surface area (Å²) in [4.78, 5) is 15.8. The zero-order valence-electron chi connectivity index (χ0n) is 21.4. The summed E-state index contributed by atoms with van der Waals surface area (Å²) in [5, 5.41) is 9.76. The summed E-state index contributed by atoms with van der Waals surface area (Å²) < 4.78 is 77.0. The highest BCUT2D eigenvalue weighted by atomic mass is 19.4. The molecule has 0 radical (unpaired) electrons. The molecule has 0 aliphatic heterocycles. The number of methoxy groups -OCH3 is 1. The number of imidazole rings is 1. The number of halogens is 5. The lowest BCUT2D eigenvalue weighted by atomic mass is 10.0. The Morgan fingerprint density at radius 3 is 2.22 bits per heavy atom. The fourth-order valence-electron chi connectivity index (χ4n) is 4.51. The topological polar surface area (TPSA) is 64.3 Å². The average molecular weight is 565 g/mol. The maximum Gasteiger partial charge on any atom is 0.416 e. The van der Waals surface area contributed by atoms with Gasteiger partial charge in [-0.15, -0.1) is 0 Å². The molecule has 0 saturated carbocycles. The Labute approximate surface area is 231 Å². The molecule has 0 saturated heterocycles. The number of ether oxygens (including phenoxy) is 1. The van der Waals surface area contributed by atoms with Crippen molar-refractivity contribution in [3.8, 4) is 45.4 Å². The summed E-state index contributed by atoms with van der Waals surface area (Å²) in [5.74, 6) is -2.16. The molecule has 0 spiro atoms. The number of aromatic nitrogens is 2. The molecule has 1 N–H and O–H groups in total. The molecule has 0 unspecified atom stereocenters. The van der Waals surface area contributed by atoms with Gasteiger partial charge in [-0.05, 0) is 54.1 Å². The van der Waals surface area contributed by atoms with Crippen LogP contribution >= 0.6 is 0 Å². The van der Waals surface area contributed by atoms with E-state index >= 15 is 0 Å². The van der Waals surface area contributed by atoms with Crippen LogP contribution in [0.3, 0.4) is 0 Å². The molecule has 5 aromatic rings. The fourth-order valence-corrected chi connectivity index (χ4v) is 4.51. The third kappa shape index (κ3) is 5.54. The Morgan fingerprint density at radius 1 is 0.878 bits per heavy atom. The zero-order chi connectivity index (χ0) is 29.3. The van der Waals surface area contributed by atoms with Crippen molar-refractivity contribution in [3.63, 3.8) is 0 Å². The molecular weight excluding hydrogens is 543 g/mol. The Bertz CT molecular complexity index is 1740. The summed E-state index contributed by atoms with van der Waals surface area (Å²) in [7, 11) is 1.31. The van der Waals surface area contributed by atoms with E-state index in [9.17, 15) is 31.9 Å². The second-order valence-corrected chi connectivity index (χ2v) is 9.17. The van der Waals surface area contributed by atoms with E-state index in [1.54, 1.807) is 34.9 Å². The van der Waals surface area contributed by atoms with Crippen molar-refractivity contribution >= 4 is 6.29 Å². The van der Waals surface area contributed by atoms with Crippen molar-refractivity contribution in [1.82, 2.24) is 9.55 Å². The molecule has 1 heterocycles. The fraction of sp³-hybridized carbons (Fsp3) is 0.0968. The van der Waals surface area contributed by atoms with E-state index in [1.807, 2.05) is 0 Å². The largest absolute Gasteiger partial charge is 0.505 e. The number of benzene rings is 4. The summed E-state index contributed by atoms with van der Waals surface area (Å²) >= 11 is 0. The van der Waals surface area contributed by atoms with Gasteiger partial charge in [-0.25, -0.2) is 13.8 Å². The lowest BCUT2D eigenvalue weighted by Gasteiger charge is -2.15. The van der Waals surface area contributed by atoms with Crippen molar-refractivity contribution in [2.75, 3.05) is 7.11 Å². The predicted molar refractivity (Wildman–Crippen MR) is 143 cm³/mol. The molecule has 4 aromatic carbocycles. The van der Waals surface area contributed by atoms with Gasteiger partial charge < -0.3 is 14.4 Å². The Hall–Kier alpha value is -4.99. The van der Waals surface area contributed by atoms with Crippen LogP contribution in [0.1, 0.15) is 21.5 Å². The van der Waals surface area contributed by atoms with E-state index in [4.69, 9.17) is 4.74 Å². The number of alkyl halides is 3. The van der Waals surface area contributed by atoms with Gasteiger partial charge in [-0.1, -0.05) is 36.4 Å². The van der Waals surface area contributed by atoms with Gasteiger partial charge >= 0.3 is 6.18 Å². The SMILES string of the molecule is COc1ccc(-c2c(-c3ccc(O)c(F)c3)nc(-c3cccc(C(F)(F)F)c3)n2Cc2ccc(C=O)cc2)cc1F. The summed E-state index contributed by atoms with van der Waals surface area (Å²) in [6, 6.07) is 18.9. The minimum atomic E-state index is -4.62. The van der Waals surface area contributed by atoms with E-state index in [1.165, 1.54) is 37.4 Å². The van der Waals surface area contributed by atoms with Gasteiger partial charge in [-0.3, -0.25) is 4.79 Å². The number of carbonyl (C=O) groups excluding carboxylic acids is 1. The molecular formula is C31H21F5N2O3. The molecule has 0 fully saturated rings. The number of rotatable bonds is 7. The highest BCUT2D eigenvalue weighted by molar-refractivity contribution is 5.83. The zero-order valence-corrected chi connectivity index (χ0v) is 21.4. The molecule has 0 atom stereocenters. The van der Waals surface area contributed by atoms with Crippen molar-refractivity contribution in [2.45, 2.75) is 12.7 Å². The van der Waals surface area contributed by atoms with Gasteiger partial charge in [0.2, 0.25) is 0 Å². The third-order valence-electron chi connectivity index (χ3n) is 6.52. The predicted octanol–water partition coefficient (Wildman–Crippen LogP) is 7.76. The van der Waals surface area contributed by atoms with Crippen molar-refractivity contribution < 1.29 is 36.6 Å². The van der Waals surface area contributed by atoms with Gasteiger partial charge in [0.15, 0.2) is 23.1 Å². The lowest BCUT2D eigenvalue weighted by Crippen LogP contribution is -2.07. The third-order valence-corrected chi connectivity index (χ3v) is 6.52. The van der Waals surface area contributed by atoms with Crippen LogP contribution in [0.4, 0.5) is 22.0 Å². The molecule has 0 aliphatic rings. The van der Waals surface area contributed by atoms with E-state index < -0.39 is 29.1 Å². The second-order valence-electron chi connectivity index (χ2n) is 9.17. The van der Waals surface area contributed by atoms with Crippen LogP contribution < -0.4 is 4.74 Å². The molecule has 41 heavy (non-hydrogen) atoms. The molecule has 1 aromatic heterocycles. The highest BCUT2D eigenvalue weighted by Crippen LogP contribution is 2.40. The Balaban J connectivity index is 1.83. The first-order chi connectivity index (χ1) is 19.6. The van der Waals surface area contributed by atoms with Gasteiger partial charge in [-0.2, -0.15) is 13.2 Å². The van der Waals surface area contributed by atoms with E-state index in [2.05, 4.69) is 4.98 Å². The number of hydrogen-bond acceptors (Lipinski definition) is 4. The van der Waals surface area contributed by atoms with Gasteiger partial charge in [0.25, 0.3) is 0 Å². The van der Waals surface area contributed by atoms with E-state index in [0.717, 1.165) is 24.3 Å². The number of phenols is 1. The van der Waals surface area contributed by atoms with Crippen molar-refractivity contribution in [3.05, 3.63) is 113 Å². The first-order valence-electron chi connectivity index (χ1n) is 12.2. The van der Waals surface area contributed by atoms with Crippen LogP contribution in [-0.2, 0) is 12.7 Å². The molecule has 0 aliphatic carbocycles. The number of aromatic hydroxyl groups is 1. The summed E-state index contributed by atoms with van der Waals surface area (Å²) in [6.45, 7) is 0.0568. The number of hydrogen-bond donors (Lipinski definition) is 1. The van der Waals surface area contributed by atoms with Crippen LogP contribution in [0, 0.1) is 11.6 Å². The summed E-state index contributed by atoms with van der Waals surface area (Å²) in [6.07, 6.45) is -3.94. The monoisotopic (exact) mass is 564 g/mol. The highest BCUT2D eigenvalue weighted by Gasteiger charge is 2.31. The van der Waals surface area contributed by atoms with E-state index in [-0.39, 0.29) is 40.6 Å². The molecule has 208 valence electrons. The maximum atomic E-state index is 14.9. The van der Waals surface area contributed by atoms with Crippen molar-refractivity contribution in [2.24, 2.45) is 0 Å². The van der Waals surface area contributed by atoms with Crippen LogP contribution in [0.2, 0.25) is 0 Å². The van der Waals surface area contributed by atoms with Crippen LogP contribution in [0.5, 0.6) is 11.5 Å². The number of aldehydes is 1. The van der Waals surface area contributed by atoms with Crippen LogP contribution in [-0.4, -0.2) is 28.1 Å². The molecule has 10 heteroatoms. The standard InChI is InChI=1S/C31H21F5N2O3/c1-41-27-12-10-21(15-25(27)33)29-28(20-9-11-26(40)24(32)14-20)37-30(22-3-2-4-23(13-22)31(34,35)36)38(29)16-18-5-7-19(17-39)8-6-18/h2-15,17,40H,16H2,1H3. The number of nitrogens with zero attached hydrogens (tertiary/aromatic N) is 2. The normalized spacial score (nSPS) is 11.5. The molecule has 5 nitrogen and oxygen atoms in total. The van der Waals surface area contributed by atoms with E-state index in [0.29, 0.717) is 23.0 Å². The van der Waals surface area contributed by atoms with Gasteiger partial charge in [0, 0.05) is 28.8 Å². The molecule has 5 rings (SSSR count). The molecule has 0 bridgehead atoms. The van der Waals surface area contributed by atoms with Gasteiger partial charge in [0.1, 0.15) is 12.1 Å². The van der Waals surface area contributed by atoms with Gasteiger partial charge in [0.05, 0.1) is 24.1 Å². The Kier molecular flexibility index (Phi) is 7.32. The first kappa shape index (κ1) is 27.6. The lowest BCUT2D eigenvalue weighted by molar-refractivity contribution is -0.137. The number of phenolic OH excluding ortho intramolecular Hbond substituents is 1. The second kappa shape index (κ2) is 10.9. The Morgan fingerprint density at radius 2 is 1.59 bits per heavy atom. The van der Waals surface area contributed by atoms with Crippen LogP contribution in [0.15, 0.2) is 84.9 Å². The van der Waals surface area contributed by atoms with Crippen LogP contribution in [0.25, 0.3) is 33.9 Å². The minimum absolute atomic E-state index is 0.0282. The van der Waals surface area contributed by atoms with Crippen molar-refractivity contribution in [1.29, 1.82) is 0 Å². The smallest absolute Gasteiger partial charge is 0.416 e. The maximum absolute atomic E-state index is 14.9. The molecule has 0 amide bonds.